The number of amides is 1. The number of anilines is 2. The highest BCUT2D eigenvalue weighted by atomic mass is 19.1. The molecule has 0 bridgehead atoms. The van der Waals surface area contributed by atoms with E-state index in [-0.39, 0.29) is 5.56 Å². The van der Waals surface area contributed by atoms with Crippen LogP contribution in [0.4, 0.5) is 20.2 Å². The van der Waals surface area contributed by atoms with Gasteiger partial charge in [0.05, 0.1) is 11.3 Å². The molecule has 4 nitrogen and oxygen atoms in total. The largest absolute Gasteiger partial charge is 0.384 e. The van der Waals surface area contributed by atoms with E-state index in [2.05, 4.69) is 27.8 Å². The molecule has 2 aromatic carbocycles. The number of aromatic nitrogens is 1. The number of para-hydroxylation sites is 1. The van der Waals surface area contributed by atoms with Gasteiger partial charge in [-0.3, -0.25) is 9.78 Å². The highest BCUT2D eigenvalue weighted by Gasteiger charge is 2.14. The monoisotopic (exact) mass is 367 g/mol. The molecule has 138 valence electrons. The van der Waals surface area contributed by atoms with Crippen molar-refractivity contribution in [1.29, 1.82) is 0 Å². The molecule has 0 aliphatic carbocycles. The maximum Gasteiger partial charge on any atom is 0.257 e. The van der Waals surface area contributed by atoms with Crippen LogP contribution in [0.2, 0.25) is 0 Å². The minimum atomic E-state index is -0.827. The topological polar surface area (TPSA) is 54.0 Å². The molecule has 0 spiro atoms. The Balaban J connectivity index is 1.57. The fourth-order valence-electron chi connectivity index (χ4n) is 2.63. The predicted octanol–water partition coefficient (Wildman–Crippen LogP) is 4.66. The minimum Gasteiger partial charge on any atom is -0.384 e. The van der Waals surface area contributed by atoms with Crippen LogP contribution in [0.25, 0.3) is 0 Å². The molecule has 0 atom stereocenters. The van der Waals surface area contributed by atoms with Crippen LogP contribution in [0.5, 0.6) is 0 Å². The van der Waals surface area contributed by atoms with Gasteiger partial charge in [0.25, 0.3) is 5.91 Å². The van der Waals surface area contributed by atoms with Crippen LogP contribution in [-0.4, -0.2) is 17.4 Å². The molecular weight excluding hydrogens is 348 g/mol. The maximum atomic E-state index is 13.7. The van der Waals surface area contributed by atoms with Crippen molar-refractivity contribution in [3.63, 3.8) is 0 Å². The van der Waals surface area contributed by atoms with Crippen molar-refractivity contribution >= 4 is 17.3 Å². The van der Waals surface area contributed by atoms with Crippen molar-refractivity contribution in [3.8, 4) is 0 Å². The molecule has 27 heavy (non-hydrogen) atoms. The van der Waals surface area contributed by atoms with E-state index in [1.807, 2.05) is 18.2 Å². The molecule has 0 aliphatic rings. The number of carbonyl (C=O) groups is 1. The Morgan fingerprint density at radius 3 is 2.44 bits per heavy atom. The maximum absolute atomic E-state index is 13.7. The Morgan fingerprint density at radius 2 is 1.70 bits per heavy atom. The summed E-state index contributed by atoms with van der Waals surface area (Å²) >= 11 is 0. The van der Waals surface area contributed by atoms with Crippen molar-refractivity contribution in [2.45, 2.75) is 12.8 Å². The molecule has 1 amide bonds. The van der Waals surface area contributed by atoms with Gasteiger partial charge in [-0.05, 0) is 36.6 Å². The Kier molecular flexibility index (Phi) is 6.10. The summed E-state index contributed by atoms with van der Waals surface area (Å²) in [6.07, 6.45) is 4.81. The van der Waals surface area contributed by atoms with Gasteiger partial charge in [0, 0.05) is 18.9 Å². The summed E-state index contributed by atoms with van der Waals surface area (Å²) in [7, 11) is 0. The molecule has 0 radical (unpaired) electrons. The van der Waals surface area contributed by atoms with Crippen molar-refractivity contribution in [2.75, 3.05) is 17.2 Å². The van der Waals surface area contributed by atoms with Gasteiger partial charge in [0.15, 0.2) is 0 Å². The molecule has 6 heteroatoms. The molecule has 0 aliphatic heterocycles. The summed E-state index contributed by atoms with van der Waals surface area (Å²) in [6.45, 7) is 0.712. The van der Waals surface area contributed by atoms with Gasteiger partial charge in [-0.2, -0.15) is 0 Å². The van der Waals surface area contributed by atoms with Crippen molar-refractivity contribution < 1.29 is 13.6 Å². The number of hydrogen-bond donors (Lipinski definition) is 2. The van der Waals surface area contributed by atoms with Crippen LogP contribution in [0.15, 0.2) is 67.0 Å². The SMILES string of the molecule is O=C(Nc1c(F)cccc1F)c1cncc(NCCCc2ccccc2)c1. The number of carbonyl (C=O) groups excluding carboxylic acids is 1. The first-order chi connectivity index (χ1) is 13.1. The van der Waals surface area contributed by atoms with E-state index >= 15 is 0 Å². The molecule has 0 saturated carbocycles. The lowest BCUT2D eigenvalue weighted by atomic mass is 10.1. The molecule has 0 unspecified atom stereocenters. The van der Waals surface area contributed by atoms with E-state index in [0.29, 0.717) is 12.2 Å². The Morgan fingerprint density at radius 1 is 0.963 bits per heavy atom. The van der Waals surface area contributed by atoms with E-state index in [1.165, 1.54) is 17.8 Å². The van der Waals surface area contributed by atoms with Crippen LogP contribution in [-0.2, 0) is 6.42 Å². The first-order valence-electron chi connectivity index (χ1n) is 8.61. The molecule has 1 heterocycles. The normalized spacial score (nSPS) is 10.4. The fraction of sp³-hybridized carbons (Fsp3) is 0.143. The third-order valence-corrected chi connectivity index (χ3v) is 4.02. The van der Waals surface area contributed by atoms with Crippen LogP contribution in [0, 0.1) is 11.6 Å². The number of aryl methyl sites for hydroxylation is 1. The molecule has 1 aromatic heterocycles. The minimum absolute atomic E-state index is 0.214. The average molecular weight is 367 g/mol. The standard InChI is InChI=1S/C21H19F2N3O/c22-18-9-4-10-19(23)20(18)26-21(27)16-12-17(14-24-13-16)25-11-5-8-15-6-2-1-3-7-15/h1-4,6-7,9-10,12-14,25H,5,8,11H2,(H,26,27). The number of rotatable bonds is 7. The Labute approximate surface area is 156 Å². The number of halogens is 2. The van der Waals surface area contributed by atoms with E-state index in [1.54, 1.807) is 12.3 Å². The highest BCUT2D eigenvalue weighted by molar-refractivity contribution is 6.04. The van der Waals surface area contributed by atoms with Gasteiger partial charge in [-0.15, -0.1) is 0 Å². The van der Waals surface area contributed by atoms with Crippen LogP contribution < -0.4 is 10.6 Å². The molecule has 3 rings (SSSR count). The number of pyridine rings is 1. The lowest BCUT2D eigenvalue weighted by molar-refractivity contribution is 0.102. The van der Waals surface area contributed by atoms with Crippen LogP contribution in [0.3, 0.4) is 0 Å². The van der Waals surface area contributed by atoms with Crippen molar-refractivity contribution in [3.05, 3.63) is 89.8 Å². The molecular formula is C21H19F2N3O. The second-order valence-corrected chi connectivity index (χ2v) is 6.03. The Hall–Kier alpha value is -3.28. The van der Waals surface area contributed by atoms with E-state index < -0.39 is 23.2 Å². The second-order valence-electron chi connectivity index (χ2n) is 6.03. The third kappa shape index (κ3) is 5.10. The summed E-state index contributed by atoms with van der Waals surface area (Å²) < 4.78 is 27.3. The third-order valence-electron chi connectivity index (χ3n) is 4.02. The van der Waals surface area contributed by atoms with Gasteiger partial charge in [0.2, 0.25) is 0 Å². The summed E-state index contributed by atoms with van der Waals surface area (Å²) in [5, 5.41) is 5.46. The van der Waals surface area contributed by atoms with E-state index in [4.69, 9.17) is 0 Å². The summed E-state index contributed by atoms with van der Waals surface area (Å²) in [5.41, 5.74) is 1.68. The fourth-order valence-corrected chi connectivity index (χ4v) is 2.63. The zero-order chi connectivity index (χ0) is 19.1. The van der Waals surface area contributed by atoms with Crippen LogP contribution >= 0.6 is 0 Å². The molecule has 0 saturated heterocycles. The second kappa shape index (κ2) is 8.89. The van der Waals surface area contributed by atoms with Crippen LogP contribution in [0.1, 0.15) is 22.3 Å². The number of benzene rings is 2. The average Bonchev–Trinajstić information content (AvgIpc) is 2.69. The summed E-state index contributed by atoms with van der Waals surface area (Å²) in [5.74, 6) is -2.28. The molecule has 3 aromatic rings. The first kappa shape index (κ1) is 18.5. The van der Waals surface area contributed by atoms with Gasteiger partial charge in [0.1, 0.15) is 17.3 Å². The van der Waals surface area contributed by atoms with Gasteiger partial charge < -0.3 is 10.6 Å². The van der Waals surface area contributed by atoms with E-state index in [0.717, 1.165) is 25.0 Å². The van der Waals surface area contributed by atoms with Gasteiger partial charge >= 0.3 is 0 Å². The van der Waals surface area contributed by atoms with Gasteiger partial charge in [-0.25, -0.2) is 8.78 Å². The molecule has 2 N–H and O–H groups in total. The molecule has 0 fully saturated rings. The van der Waals surface area contributed by atoms with E-state index in [9.17, 15) is 13.6 Å². The predicted molar refractivity (Wildman–Crippen MR) is 102 cm³/mol. The summed E-state index contributed by atoms with van der Waals surface area (Å²) in [6, 6.07) is 15.2. The summed E-state index contributed by atoms with van der Waals surface area (Å²) in [4.78, 5) is 16.3. The number of nitrogens with one attached hydrogen (secondary N) is 2. The van der Waals surface area contributed by atoms with Gasteiger partial charge in [-0.1, -0.05) is 36.4 Å². The number of hydrogen-bond acceptors (Lipinski definition) is 3. The Bertz CT molecular complexity index is 896. The lowest BCUT2D eigenvalue weighted by Gasteiger charge is -2.10. The number of nitrogens with zero attached hydrogens (tertiary/aromatic N) is 1. The quantitative estimate of drug-likeness (QED) is 0.598. The smallest absolute Gasteiger partial charge is 0.257 e. The zero-order valence-corrected chi connectivity index (χ0v) is 14.6. The van der Waals surface area contributed by atoms with Crippen molar-refractivity contribution in [2.24, 2.45) is 0 Å². The first-order valence-corrected chi connectivity index (χ1v) is 8.61. The highest BCUT2D eigenvalue weighted by Crippen LogP contribution is 2.19. The lowest BCUT2D eigenvalue weighted by Crippen LogP contribution is -2.15. The zero-order valence-electron chi connectivity index (χ0n) is 14.6. The van der Waals surface area contributed by atoms with Crippen molar-refractivity contribution in [1.82, 2.24) is 4.98 Å².